The van der Waals surface area contributed by atoms with Gasteiger partial charge in [0.2, 0.25) is 5.91 Å². The molecule has 4 rings (SSSR count). The summed E-state index contributed by atoms with van der Waals surface area (Å²) in [5.41, 5.74) is -0.280. The highest BCUT2D eigenvalue weighted by atomic mass is 32.2. The zero-order valence-corrected chi connectivity index (χ0v) is 16.8. The molecule has 1 atom stereocenters. The molecule has 0 saturated heterocycles. The Morgan fingerprint density at radius 3 is 2.82 bits per heavy atom. The minimum atomic E-state index is -0.831. The number of aromatic nitrogens is 2. The zero-order valence-electron chi connectivity index (χ0n) is 15.2. The second kappa shape index (κ2) is 7.41. The molecule has 1 aliphatic rings. The number of thioether (sulfide) groups is 1. The summed E-state index contributed by atoms with van der Waals surface area (Å²) in [5.74, 6) is 0.0655. The molecule has 1 amide bonds. The average molecular weight is 411 g/mol. The summed E-state index contributed by atoms with van der Waals surface area (Å²) in [6, 6.07) is 13.3. The molecule has 0 aliphatic heterocycles. The van der Waals surface area contributed by atoms with Crippen molar-refractivity contribution in [2.45, 2.75) is 30.5 Å². The van der Waals surface area contributed by atoms with Gasteiger partial charge in [-0.1, -0.05) is 30.0 Å². The van der Waals surface area contributed by atoms with Gasteiger partial charge >= 0.3 is 0 Å². The molecule has 28 heavy (non-hydrogen) atoms. The number of hydrogen-bond acceptors (Lipinski definition) is 6. The van der Waals surface area contributed by atoms with E-state index < -0.39 is 5.54 Å². The molecule has 0 bridgehead atoms. The van der Waals surface area contributed by atoms with Gasteiger partial charge in [0.15, 0.2) is 5.16 Å². The fourth-order valence-electron chi connectivity index (χ4n) is 3.13. The third-order valence-corrected chi connectivity index (χ3v) is 6.58. The highest BCUT2D eigenvalue weighted by molar-refractivity contribution is 7.99. The van der Waals surface area contributed by atoms with Crippen molar-refractivity contribution in [2.24, 2.45) is 5.92 Å². The van der Waals surface area contributed by atoms with Crippen LogP contribution in [0.2, 0.25) is 0 Å². The maximum Gasteiger partial charge on any atom is 0.267 e. The molecular formula is C20H18N4O2S2. The number of hydrogen-bond donors (Lipinski definition) is 1. The van der Waals surface area contributed by atoms with Crippen molar-refractivity contribution < 1.29 is 4.79 Å². The van der Waals surface area contributed by atoms with Crippen LogP contribution in [0.3, 0.4) is 0 Å². The Labute approximate surface area is 170 Å². The van der Waals surface area contributed by atoms with Crippen LogP contribution in [0.15, 0.2) is 51.7 Å². The smallest absolute Gasteiger partial charge is 0.267 e. The number of para-hydroxylation sites is 1. The van der Waals surface area contributed by atoms with Gasteiger partial charge < -0.3 is 5.32 Å². The van der Waals surface area contributed by atoms with E-state index >= 15 is 0 Å². The van der Waals surface area contributed by atoms with Crippen LogP contribution in [0.25, 0.3) is 15.9 Å². The van der Waals surface area contributed by atoms with Gasteiger partial charge in [-0.05, 0) is 49.3 Å². The van der Waals surface area contributed by atoms with Crippen LogP contribution < -0.4 is 10.9 Å². The summed E-state index contributed by atoms with van der Waals surface area (Å²) >= 11 is 2.60. The molecule has 8 heteroatoms. The number of benzene rings is 1. The van der Waals surface area contributed by atoms with E-state index in [0.717, 1.165) is 12.8 Å². The number of fused-ring (bicyclic) bond motifs is 1. The summed E-state index contributed by atoms with van der Waals surface area (Å²) in [5, 5.41) is 15.1. The minimum Gasteiger partial charge on any atom is -0.337 e. The van der Waals surface area contributed by atoms with E-state index in [-0.39, 0.29) is 23.1 Å². The summed E-state index contributed by atoms with van der Waals surface area (Å²) in [6.45, 7) is 1.77. The number of carbonyl (C=O) groups is 1. The van der Waals surface area contributed by atoms with E-state index in [1.54, 1.807) is 13.0 Å². The molecule has 1 aromatic carbocycles. The Morgan fingerprint density at radius 2 is 2.14 bits per heavy atom. The Morgan fingerprint density at radius 1 is 1.39 bits per heavy atom. The van der Waals surface area contributed by atoms with Gasteiger partial charge in [-0.2, -0.15) is 5.26 Å². The summed E-state index contributed by atoms with van der Waals surface area (Å²) < 4.78 is 1.54. The van der Waals surface area contributed by atoms with Crippen LogP contribution in [0.1, 0.15) is 19.8 Å². The van der Waals surface area contributed by atoms with Gasteiger partial charge in [-0.15, -0.1) is 11.3 Å². The molecule has 1 saturated carbocycles. The number of nitrogens with one attached hydrogen (secondary N) is 1. The van der Waals surface area contributed by atoms with Crippen LogP contribution in [0.4, 0.5) is 0 Å². The van der Waals surface area contributed by atoms with Crippen LogP contribution >= 0.6 is 23.1 Å². The molecule has 1 aliphatic carbocycles. The molecule has 6 nitrogen and oxygen atoms in total. The molecule has 2 heterocycles. The van der Waals surface area contributed by atoms with Crippen molar-refractivity contribution in [2.75, 3.05) is 5.75 Å². The van der Waals surface area contributed by atoms with Gasteiger partial charge in [0, 0.05) is 0 Å². The van der Waals surface area contributed by atoms with Gasteiger partial charge in [0.1, 0.15) is 10.4 Å². The van der Waals surface area contributed by atoms with Gasteiger partial charge in [0.25, 0.3) is 5.56 Å². The summed E-state index contributed by atoms with van der Waals surface area (Å²) in [6.07, 6.45) is 1.92. The van der Waals surface area contributed by atoms with Crippen molar-refractivity contribution >= 4 is 39.2 Å². The van der Waals surface area contributed by atoms with Crippen molar-refractivity contribution in [3.63, 3.8) is 0 Å². The predicted octanol–water partition coefficient (Wildman–Crippen LogP) is 3.35. The standard InChI is InChI=1S/C20H18N4O2S2/c1-20(12-21,13-7-8-13)23-16(25)11-28-19-22-17-15(9-10-27-17)18(26)24(19)14-5-3-2-4-6-14/h2-6,9-10,13H,7-8,11H2,1H3,(H,23,25)/t20-/m0/s1. The first-order chi connectivity index (χ1) is 13.5. The van der Waals surface area contributed by atoms with Crippen LogP contribution in [-0.2, 0) is 4.79 Å². The first-order valence-electron chi connectivity index (χ1n) is 8.92. The van der Waals surface area contributed by atoms with Crippen molar-refractivity contribution in [3.05, 3.63) is 52.1 Å². The van der Waals surface area contributed by atoms with Crippen molar-refractivity contribution in [3.8, 4) is 11.8 Å². The lowest BCUT2D eigenvalue weighted by molar-refractivity contribution is -0.119. The first-order valence-corrected chi connectivity index (χ1v) is 10.8. The van der Waals surface area contributed by atoms with E-state index in [1.165, 1.54) is 27.7 Å². The number of amides is 1. The topological polar surface area (TPSA) is 87.8 Å². The molecule has 2 aromatic heterocycles. The molecule has 0 unspecified atom stereocenters. The minimum absolute atomic E-state index is 0.0835. The number of nitrogens with zero attached hydrogens (tertiary/aromatic N) is 3. The van der Waals surface area contributed by atoms with Crippen LogP contribution in [-0.4, -0.2) is 26.8 Å². The maximum absolute atomic E-state index is 13.0. The highest BCUT2D eigenvalue weighted by Crippen LogP contribution is 2.39. The predicted molar refractivity (Wildman–Crippen MR) is 111 cm³/mol. The molecule has 0 spiro atoms. The molecule has 142 valence electrons. The summed E-state index contributed by atoms with van der Waals surface area (Å²) in [7, 11) is 0. The van der Waals surface area contributed by atoms with Gasteiger partial charge in [-0.25, -0.2) is 4.98 Å². The largest absolute Gasteiger partial charge is 0.337 e. The fourth-order valence-corrected chi connectivity index (χ4v) is 4.75. The Balaban J connectivity index is 1.62. The maximum atomic E-state index is 13.0. The molecule has 1 fully saturated rings. The normalized spacial score (nSPS) is 15.7. The lowest BCUT2D eigenvalue weighted by atomic mass is 9.98. The highest BCUT2D eigenvalue weighted by Gasteiger charge is 2.42. The van der Waals surface area contributed by atoms with E-state index in [2.05, 4.69) is 16.4 Å². The number of rotatable bonds is 6. The third-order valence-electron chi connectivity index (χ3n) is 4.84. The lowest BCUT2D eigenvalue weighted by Gasteiger charge is -2.22. The third kappa shape index (κ3) is 3.55. The van der Waals surface area contributed by atoms with E-state index in [9.17, 15) is 14.9 Å². The van der Waals surface area contributed by atoms with Crippen LogP contribution in [0, 0.1) is 17.2 Å². The quantitative estimate of drug-likeness (QED) is 0.497. The second-order valence-corrected chi connectivity index (χ2v) is 8.77. The summed E-state index contributed by atoms with van der Waals surface area (Å²) in [4.78, 5) is 30.7. The number of carbonyl (C=O) groups excluding carboxylic acids is 1. The Hall–Kier alpha value is -2.63. The van der Waals surface area contributed by atoms with Gasteiger partial charge in [-0.3, -0.25) is 14.2 Å². The Bertz CT molecular complexity index is 1130. The van der Waals surface area contributed by atoms with E-state index in [0.29, 0.717) is 21.1 Å². The zero-order chi connectivity index (χ0) is 19.7. The Kier molecular flexibility index (Phi) is 4.96. The van der Waals surface area contributed by atoms with Crippen molar-refractivity contribution in [1.29, 1.82) is 5.26 Å². The SMILES string of the molecule is C[C@@](C#N)(NC(=O)CSc1nc2sccc2c(=O)n1-c1ccccc1)C1CC1. The van der Waals surface area contributed by atoms with E-state index in [4.69, 9.17) is 0 Å². The fraction of sp³-hybridized carbons (Fsp3) is 0.300. The lowest BCUT2D eigenvalue weighted by Crippen LogP contribution is -2.47. The first kappa shape index (κ1) is 18.7. The van der Waals surface area contributed by atoms with Crippen LogP contribution in [0.5, 0.6) is 0 Å². The van der Waals surface area contributed by atoms with E-state index in [1.807, 2.05) is 35.7 Å². The molecule has 0 radical (unpaired) electrons. The van der Waals surface area contributed by atoms with Gasteiger partial charge in [0.05, 0.1) is 22.9 Å². The molecule has 3 aromatic rings. The monoisotopic (exact) mass is 410 g/mol. The number of nitriles is 1. The molecule has 1 N–H and O–H groups in total. The second-order valence-electron chi connectivity index (χ2n) is 6.94. The number of thiophene rings is 1. The average Bonchev–Trinajstić information content (AvgIpc) is 3.46. The molecular weight excluding hydrogens is 392 g/mol. The van der Waals surface area contributed by atoms with Crippen molar-refractivity contribution in [1.82, 2.24) is 14.9 Å².